The van der Waals surface area contributed by atoms with Gasteiger partial charge in [0.05, 0.1) is 31.2 Å². The Morgan fingerprint density at radius 1 is 0.706 bits per heavy atom. The summed E-state index contributed by atoms with van der Waals surface area (Å²) in [5.74, 6) is 0.755. The molecule has 0 bridgehead atoms. The molecule has 0 saturated heterocycles. The van der Waals surface area contributed by atoms with Crippen molar-refractivity contribution in [2.45, 2.75) is 78.1 Å². The largest absolute Gasteiger partial charge is 0.493 e. The van der Waals surface area contributed by atoms with E-state index in [4.69, 9.17) is 15.6 Å². The Kier molecular flexibility index (Phi) is 11.3. The minimum Gasteiger partial charge on any atom is -0.493 e. The maximum absolute atomic E-state index is 8.85. The van der Waals surface area contributed by atoms with Crippen LogP contribution < -0.4 is 0 Å². The maximum atomic E-state index is 8.85. The lowest BCUT2D eigenvalue weighted by molar-refractivity contribution is 0.214. The van der Waals surface area contributed by atoms with E-state index in [-0.39, 0.29) is 11.4 Å². The quantitative estimate of drug-likeness (QED) is 0.159. The van der Waals surface area contributed by atoms with Crippen LogP contribution >= 0.6 is 54.5 Å². The number of hydrogen-bond acceptors (Lipinski definition) is 5. The van der Waals surface area contributed by atoms with Crippen molar-refractivity contribution in [2.75, 3.05) is 6.61 Å². The molecule has 3 nitrogen and oxygen atoms in total. The first-order chi connectivity index (χ1) is 16.4. The van der Waals surface area contributed by atoms with Crippen LogP contribution in [0.25, 0.3) is 11.1 Å². The fourth-order valence-corrected chi connectivity index (χ4v) is 7.17. The summed E-state index contributed by atoms with van der Waals surface area (Å²) in [7, 11) is 0. The predicted octanol–water partition coefficient (Wildman–Crippen LogP) is 10.5. The second kappa shape index (κ2) is 13.9. The Morgan fingerprint density at radius 3 is 1.68 bits per heavy atom. The number of nitrogens with one attached hydrogen (secondary N) is 2. The van der Waals surface area contributed by atoms with Crippen molar-refractivity contribution in [3.8, 4) is 0 Å². The number of halogens is 2. The van der Waals surface area contributed by atoms with Crippen molar-refractivity contribution in [2.24, 2.45) is 0 Å². The summed E-state index contributed by atoms with van der Waals surface area (Å²) in [4.78, 5) is 1.95. The van der Waals surface area contributed by atoms with Crippen molar-refractivity contribution in [1.29, 1.82) is 10.8 Å². The van der Waals surface area contributed by atoms with Gasteiger partial charge in [0.25, 0.3) is 0 Å². The van der Waals surface area contributed by atoms with E-state index in [0.29, 0.717) is 6.61 Å². The molecule has 2 aromatic rings. The number of rotatable bonds is 14. The average Bonchev–Trinajstić information content (AvgIpc) is 3.43. The van der Waals surface area contributed by atoms with E-state index in [1.54, 1.807) is 22.7 Å². The van der Waals surface area contributed by atoms with Gasteiger partial charge in [0.2, 0.25) is 0 Å². The van der Waals surface area contributed by atoms with Gasteiger partial charge in [0, 0.05) is 20.9 Å². The molecule has 184 valence electrons. The zero-order valence-electron chi connectivity index (χ0n) is 20.1. The molecule has 0 saturated carbocycles. The molecule has 2 heterocycles. The fraction of sp³-hybridized carbons (Fsp3) is 0.481. The molecule has 0 fully saturated rings. The molecule has 3 rings (SSSR count). The molecule has 2 aromatic heterocycles. The van der Waals surface area contributed by atoms with E-state index in [1.165, 1.54) is 57.8 Å². The SMILES string of the molecule is CCCCCCCCCCCCOC1=C(c2ccc(Br)s2)C(=N)C(=N)C(c2ccc(Br)s2)=C1C. The van der Waals surface area contributed by atoms with E-state index in [2.05, 4.69) is 38.8 Å². The summed E-state index contributed by atoms with van der Waals surface area (Å²) in [5, 5.41) is 17.6. The fourth-order valence-electron chi connectivity index (χ4n) is 4.24. The van der Waals surface area contributed by atoms with Gasteiger partial charge in [-0.2, -0.15) is 0 Å². The van der Waals surface area contributed by atoms with Crippen molar-refractivity contribution < 1.29 is 4.74 Å². The van der Waals surface area contributed by atoms with E-state index >= 15 is 0 Å². The first kappa shape index (κ1) is 27.6. The third-order valence-corrected chi connectivity index (χ3v) is 9.36. The highest BCUT2D eigenvalue weighted by molar-refractivity contribution is 9.11. The molecule has 2 N–H and O–H groups in total. The normalized spacial score (nSPS) is 14.5. The van der Waals surface area contributed by atoms with Crippen LogP contribution in [0.15, 0.2) is 43.2 Å². The van der Waals surface area contributed by atoms with Crippen LogP contribution in [0.2, 0.25) is 0 Å². The van der Waals surface area contributed by atoms with Crippen molar-refractivity contribution >= 4 is 77.1 Å². The summed E-state index contributed by atoms with van der Waals surface area (Å²) >= 11 is 10.3. The molecular formula is C27H34Br2N2OS2. The first-order valence-corrected chi connectivity index (χ1v) is 15.4. The Morgan fingerprint density at radius 2 is 1.18 bits per heavy atom. The summed E-state index contributed by atoms with van der Waals surface area (Å²) in [5.41, 5.74) is 2.99. The summed E-state index contributed by atoms with van der Waals surface area (Å²) < 4.78 is 8.42. The third-order valence-electron chi connectivity index (χ3n) is 6.08. The standard InChI is InChI=1S/C27H34Br2N2OS2/c1-3-4-5-6-7-8-9-10-11-12-17-32-27-18(2)23(19-13-15-21(28)33-19)25(30)26(31)24(27)20-14-16-22(29)34-20/h13-16,30-31H,3-12,17H2,1-2H3. The monoisotopic (exact) mass is 624 g/mol. The van der Waals surface area contributed by atoms with Gasteiger partial charge in [-0.25, -0.2) is 0 Å². The van der Waals surface area contributed by atoms with Crippen LogP contribution in [0.5, 0.6) is 0 Å². The van der Waals surface area contributed by atoms with Crippen LogP contribution in [0.1, 0.15) is 87.8 Å². The van der Waals surface area contributed by atoms with Gasteiger partial charge in [-0.15, -0.1) is 22.7 Å². The molecule has 0 radical (unpaired) electrons. The Labute approximate surface area is 229 Å². The highest BCUT2D eigenvalue weighted by Crippen LogP contribution is 2.42. The van der Waals surface area contributed by atoms with Crippen molar-refractivity contribution in [3.05, 3.63) is 52.9 Å². The third kappa shape index (κ3) is 7.25. The van der Waals surface area contributed by atoms with Gasteiger partial charge in [0.15, 0.2) is 0 Å². The number of thiophene rings is 2. The number of allylic oxidation sites excluding steroid dienone is 3. The molecule has 0 aromatic carbocycles. The highest BCUT2D eigenvalue weighted by Gasteiger charge is 2.32. The molecule has 1 aliphatic rings. The molecule has 0 amide bonds. The number of unbranched alkanes of at least 4 members (excludes halogenated alkanes) is 9. The highest BCUT2D eigenvalue weighted by atomic mass is 79.9. The Balaban J connectivity index is 1.67. The number of hydrogen-bond donors (Lipinski definition) is 2. The van der Waals surface area contributed by atoms with Crippen LogP contribution in [0.4, 0.5) is 0 Å². The van der Waals surface area contributed by atoms with Gasteiger partial charge < -0.3 is 4.74 Å². The predicted molar refractivity (Wildman–Crippen MR) is 157 cm³/mol. The summed E-state index contributed by atoms with van der Waals surface area (Å²) in [6.07, 6.45) is 12.9. The zero-order chi connectivity index (χ0) is 24.5. The lowest BCUT2D eigenvalue weighted by atomic mass is 9.86. The van der Waals surface area contributed by atoms with Crippen LogP contribution in [-0.2, 0) is 4.74 Å². The first-order valence-electron chi connectivity index (χ1n) is 12.2. The minimum absolute atomic E-state index is 0.234. The van der Waals surface area contributed by atoms with Gasteiger partial charge in [0.1, 0.15) is 5.76 Å². The van der Waals surface area contributed by atoms with E-state index < -0.39 is 0 Å². The van der Waals surface area contributed by atoms with Gasteiger partial charge in [-0.1, -0.05) is 64.7 Å². The van der Waals surface area contributed by atoms with Crippen LogP contribution in [0, 0.1) is 10.8 Å². The summed E-state index contributed by atoms with van der Waals surface area (Å²) in [6.45, 7) is 4.93. The van der Waals surface area contributed by atoms with E-state index in [9.17, 15) is 0 Å². The van der Waals surface area contributed by atoms with Gasteiger partial charge >= 0.3 is 0 Å². The molecular weight excluding hydrogens is 592 g/mol. The lowest BCUT2D eigenvalue weighted by Gasteiger charge is -2.25. The average molecular weight is 627 g/mol. The Hall–Kier alpha value is -1.02. The van der Waals surface area contributed by atoms with Gasteiger partial charge in [-0.05, 0) is 69.5 Å². The molecule has 1 aliphatic carbocycles. The van der Waals surface area contributed by atoms with Crippen LogP contribution in [0.3, 0.4) is 0 Å². The topological polar surface area (TPSA) is 56.9 Å². The molecule has 0 atom stereocenters. The number of ether oxygens (including phenoxy) is 1. The second-order valence-corrected chi connectivity index (χ2v) is 13.6. The molecule has 0 aliphatic heterocycles. The van der Waals surface area contributed by atoms with Crippen LogP contribution in [-0.4, -0.2) is 18.0 Å². The molecule has 7 heteroatoms. The zero-order valence-corrected chi connectivity index (χ0v) is 24.9. The lowest BCUT2D eigenvalue weighted by Crippen LogP contribution is -2.23. The summed E-state index contributed by atoms with van der Waals surface area (Å²) in [6, 6.07) is 8.02. The minimum atomic E-state index is 0.234. The van der Waals surface area contributed by atoms with Crippen molar-refractivity contribution in [3.63, 3.8) is 0 Å². The van der Waals surface area contributed by atoms with E-state index in [1.807, 2.05) is 31.2 Å². The second-order valence-electron chi connectivity index (χ2n) is 8.69. The molecule has 0 unspecified atom stereocenters. The maximum Gasteiger partial charge on any atom is 0.133 e. The van der Waals surface area contributed by atoms with Gasteiger partial charge in [-0.3, -0.25) is 10.8 Å². The smallest absolute Gasteiger partial charge is 0.133 e. The molecule has 34 heavy (non-hydrogen) atoms. The molecule has 0 spiro atoms. The van der Waals surface area contributed by atoms with Crippen molar-refractivity contribution in [1.82, 2.24) is 0 Å². The van der Waals surface area contributed by atoms with E-state index in [0.717, 1.165) is 46.2 Å². The Bertz CT molecular complexity index is 1060.